The van der Waals surface area contributed by atoms with Crippen molar-refractivity contribution in [2.24, 2.45) is 0 Å². The molecule has 0 aliphatic carbocycles. The van der Waals surface area contributed by atoms with Crippen LogP contribution in [-0.4, -0.2) is 28.1 Å². The number of H-pyrrole nitrogens is 1. The van der Waals surface area contributed by atoms with Crippen LogP contribution in [0.3, 0.4) is 0 Å². The number of aliphatic hydroxyl groups excluding tert-OH is 1. The van der Waals surface area contributed by atoms with Crippen molar-refractivity contribution in [2.75, 3.05) is 13.1 Å². The highest BCUT2D eigenvalue weighted by molar-refractivity contribution is 6.31. The van der Waals surface area contributed by atoms with E-state index in [1.165, 1.54) is 16.6 Å². The monoisotopic (exact) mass is 374 g/mol. The summed E-state index contributed by atoms with van der Waals surface area (Å²) in [6, 6.07) is 13.5. The van der Waals surface area contributed by atoms with Crippen LogP contribution in [0, 0.1) is 0 Å². The molecule has 25 heavy (non-hydrogen) atoms. The third-order valence-electron chi connectivity index (χ3n) is 4.97. The molecule has 3 nitrogen and oxygen atoms in total. The molecule has 2 heterocycles. The number of halogens is 2. The van der Waals surface area contributed by atoms with Crippen molar-refractivity contribution in [1.82, 2.24) is 9.88 Å². The van der Waals surface area contributed by atoms with E-state index >= 15 is 0 Å². The molecule has 4 rings (SSSR count). The summed E-state index contributed by atoms with van der Waals surface area (Å²) in [4.78, 5) is 5.90. The van der Waals surface area contributed by atoms with Gasteiger partial charge in [0.15, 0.2) is 0 Å². The summed E-state index contributed by atoms with van der Waals surface area (Å²) in [5.41, 5.74) is 4.67. The van der Waals surface area contributed by atoms with E-state index in [0.29, 0.717) is 11.4 Å². The Labute approximate surface area is 157 Å². The van der Waals surface area contributed by atoms with Crippen LogP contribution in [0.2, 0.25) is 10.0 Å². The molecular formula is C20H20Cl2N2O. The highest BCUT2D eigenvalue weighted by atomic mass is 35.5. The number of fused-ring (bicyclic) bond motifs is 3. The van der Waals surface area contributed by atoms with Crippen LogP contribution in [0.15, 0.2) is 42.5 Å². The molecule has 2 N–H and O–H groups in total. The lowest BCUT2D eigenvalue weighted by Gasteiger charge is -2.27. The maximum atomic E-state index is 10.4. The van der Waals surface area contributed by atoms with Gasteiger partial charge in [0.2, 0.25) is 0 Å². The summed E-state index contributed by atoms with van der Waals surface area (Å²) in [5.74, 6) is 0. The van der Waals surface area contributed by atoms with E-state index in [4.69, 9.17) is 23.2 Å². The predicted molar refractivity (Wildman–Crippen MR) is 103 cm³/mol. The van der Waals surface area contributed by atoms with Gasteiger partial charge in [-0.3, -0.25) is 4.90 Å². The van der Waals surface area contributed by atoms with Crippen molar-refractivity contribution in [3.8, 4) is 0 Å². The van der Waals surface area contributed by atoms with Gasteiger partial charge in [0.05, 0.1) is 6.10 Å². The fraction of sp³-hybridized carbons (Fsp3) is 0.300. The summed E-state index contributed by atoms with van der Waals surface area (Å²) in [5, 5.41) is 13.1. The molecule has 1 aliphatic heterocycles. The van der Waals surface area contributed by atoms with Gasteiger partial charge in [-0.1, -0.05) is 35.3 Å². The second-order valence-electron chi connectivity index (χ2n) is 6.66. The Hall–Kier alpha value is -1.52. The van der Waals surface area contributed by atoms with E-state index in [1.54, 1.807) is 0 Å². The smallest absolute Gasteiger partial charge is 0.0802 e. The fourth-order valence-corrected chi connectivity index (χ4v) is 4.02. The third kappa shape index (κ3) is 3.56. The average molecular weight is 375 g/mol. The second-order valence-corrected chi connectivity index (χ2v) is 7.53. The van der Waals surface area contributed by atoms with Crippen molar-refractivity contribution < 1.29 is 5.11 Å². The Morgan fingerprint density at radius 3 is 2.80 bits per heavy atom. The molecule has 130 valence electrons. The highest BCUT2D eigenvalue weighted by Crippen LogP contribution is 2.30. The van der Waals surface area contributed by atoms with Crippen molar-refractivity contribution >= 4 is 34.1 Å². The van der Waals surface area contributed by atoms with Gasteiger partial charge in [-0.2, -0.15) is 0 Å². The fourth-order valence-electron chi connectivity index (χ4n) is 3.65. The molecule has 0 radical (unpaired) electrons. The van der Waals surface area contributed by atoms with Gasteiger partial charge in [0.25, 0.3) is 0 Å². The highest BCUT2D eigenvalue weighted by Gasteiger charge is 2.21. The number of aromatic nitrogens is 1. The molecular weight excluding hydrogens is 355 g/mol. The molecule has 5 heteroatoms. The first kappa shape index (κ1) is 16.9. The summed E-state index contributed by atoms with van der Waals surface area (Å²) < 4.78 is 0. The molecule has 3 aromatic rings. The summed E-state index contributed by atoms with van der Waals surface area (Å²) in [6.45, 7) is 2.72. The number of hydrogen-bond acceptors (Lipinski definition) is 2. The number of benzene rings is 2. The maximum Gasteiger partial charge on any atom is 0.0802 e. The molecule has 1 atom stereocenters. The van der Waals surface area contributed by atoms with Crippen LogP contribution in [0.4, 0.5) is 0 Å². The van der Waals surface area contributed by atoms with Crippen molar-refractivity contribution in [2.45, 2.75) is 25.5 Å². The number of aliphatic hydroxyl groups is 1. The van der Waals surface area contributed by atoms with Crippen LogP contribution in [-0.2, 0) is 13.0 Å². The average Bonchev–Trinajstić information content (AvgIpc) is 2.96. The lowest BCUT2D eigenvalue weighted by atomic mass is 10.0. The van der Waals surface area contributed by atoms with Crippen LogP contribution >= 0.6 is 23.2 Å². The van der Waals surface area contributed by atoms with Gasteiger partial charge in [0.1, 0.15) is 0 Å². The first-order chi connectivity index (χ1) is 12.1. The zero-order chi connectivity index (χ0) is 17.4. The zero-order valence-corrected chi connectivity index (χ0v) is 15.3. The normalized spacial score (nSPS) is 16.1. The maximum absolute atomic E-state index is 10.4. The molecule has 0 bridgehead atoms. The van der Waals surface area contributed by atoms with Crippen molar-refractivity contribution in [3.05, 3.63) is 69.3 Å². The van der Waals surface area contributed by atoms with Crippen LogP contribution in [0.1, 0.15) is 29.3 Å². The molecule has 0 amide bonds. The Bertz CT molecular complexity index is 906. The van der Waals surface area contributed by atoms with Crippen LogP contribution < -0.4 is 0 Å². The minimum atomic E-state index is -0.485. The number of nitrogens with one attached hydrogen (secondary N) is 1. The molecule has 0 spiro atoms. The third-order valence-corrected chi connectivity index (χ3v) is 5.44. The lowest BCUT2D eigenvalue weighted by molar-refractivity contribution is 0.137. The number of aromatic amines is 1. The second kappa shape index (κ2) is 7.00. The largest absolute Gasteiger partial charge is 0.388 e. The Kier molecular flexibility index (Phi) is 4.74. The van der Waals surface area contributed by atoms with Gasteiger partial charge in [0, 0.05) is 46.3 Å². The standard InChI is InChI=1S/C20H20Cl2N2O/c21-14-3-1-2-13(10-14)20(25)7-9-24-8-6-16-17-11-15(22)4-5-18(17)23-19(16)12-24/h1-5,10-11,20,23,25H,6-9,12H2. The first-order valence-electron chi connectivity index (χ1n) is 8.55. The van der Waals surface area contributed by atoms with Crippen LogP contribution in [0.5, 0.6) is 0 Å². The van der Waals surface area contributed by atoms with Gasteiger partial charge in [-0.05, 0) is 54.3 Å². The number of hydrogen-bond donors (Lipinski definition) is 2. The topological polar surface area (TPSA) is 39.3 Å². The summed E-state index contributed by atoms with van der Waals surface area (Å²) in [7, 11) is 0. The predicted octanol–water partition coefficient (Wildman–Crippen LogP) is 4.96. The van der Waals surface area contributed by atoms with Crippen LogP contribution in [0.25, 0.3) is 10.9 Å². The lowest BCUT2D eigenvalue weighted by Crippen LogP contribution is -2.31. The van der Waals surface area contributed by atoms with Crippen molar-refractivity contribution in [1.29, 1.82) is 0 Å². The quantitative estimate of drug-likeness (QED) is 0.677. The van der Waals surface area contributed by atoms with E-state index in [0.717, 1.165) is 42.2 Å². The van der Waals surface area contributed by atoms with Gasteiger partial charge in [-0.15, -0.1) is 0 Å². The number of nitrogens with zero attached hydrogens (tertiary/aromatic N) is 1. The molecule has 0 fully saturated rings. The molecule has 1 aromatic heterocycles. The molecule has 1 aliphatic rings. The van der Waals surface area contributed by atoms with E-state index in [-0.39, 0.29) is 0 Å². The van der Waals surface area contributed by atoms with E-state index in [1.807, 2.05) is 42.5 Å². The number of rotatable bonds is 4. The molecule has 0 saturated carbocycles. The minimum absolute atomic E-state index is 0.485. The Morgan fingerprint density at radius 2 is 1.96 bits per heavy atom. The minimum Gasteiger partial charge on any atom is -0.388 e. The Morgan fingerprint density at radius 1 is 1.12 bits per heavy atom. The van der Waals surface area contributed by atoms with E-state index in [9.17, 15) is 5.11 Å². The molecule has 0 saturated heterocycles. The first-order valence-corrected chi connectivity index (χ1v) is 9.30. The van der Waals surface area contributed by atoms with E-state index < -0.39 is 6.10 Å². The van der Waals surface area contributed by atoms with Gasteiger partial charge >= 0.3 is 0 Å². The van der Waals surface area contributed by atoms with Crippen molar-refractivity contribution in [3.63, 3.8) is 0 Å². The molecule has 2 aromatic carbocycles. The van der Waals surface area contributed by atoms with Gasteiger partial charge < -0.3 is 10.1 Å². The Balaban J connectivity index is 1.43. The zero-order valence-electron chi connectivity index (χ0n) is 13.8. The van der Waals surface area contributed by atoms with E-state index in [2.05, 4.69) is 9.88 Å². The summed E-state index contributed by atoms with van der Waals surface area (Å²) in [6.07, 6.45) is 1.21. The SMILES string of the molecule is OC(CCN1CCc2c([nH]c3ccc(Cl)cc23)C1)c1cccc(Cl)c1. The molecule has 1 unspecified atom stereocenters. The van der Waals surface area contributed by atoms with Gasteiger partial charge in [-0.25, -0.2) is 0 Å². The summed E-state index contributed by atoms with van der Waals surface area (Å²) >= 11 is 12.1.